The average molecular weight is 405 g/mol. The Morgan fingerprint density at radius 1 is 1.00 bits per heavy atom. The van der Waals surface area contributed by atoms with Gasteiger partial charge in [0.2, 0.25) is 0 Å². The zero-order chi connectivity index (χ0) is 20.8. The molecule has 5 nitrogen and oxygen atoms in total. The van der Waals surface area contributed by atoms with E-state index in [0.717, 1.165) is 49.2 Å². The molecule has 30 heavy (non-hydrogen) atoms. The van der Waals surface area contributed by atoms with Gasteiger partial charge in [0.05, 0.1) is 13.2 Å². The normalized spacial score (nSPS) is 15.6. The van der Waals surface area contributed by atoms with Crippen LogP contribution >= 0.6 is 0 Å². The third-order valence-corrected chi connectivity index (χ3v) is 5.37. The van der Waals surface area contributed by atoms with Crippen molar-refractivity contribution in [2.45, 2.75) is 26.1 Å². The van der Waals surface area contributed by atoms with Crippen LogP contribution < -0.4 is 10.1 Å². The first-order chi connectivity index (χ1) is 14.7. The van der Waals surface area contributed by atoms with E-state index in [-0.39, 0.29) is 5.91 Å². The topological polar surface area (TPSA) is 50.8 Å². The summed E-state index contributed by atoms with van der Waals surface area (Å²) in [5, 5.41) is 5.24. The molecular weight excluding hydrogens is 376 g/mol. The summed E-state index contributed by atoms with van der Waals surface area (Å²) in [4.78, 5) is 14.9. The summed E-state index contributed by atoms with van der Waals surface area (Å²) >= 11 is 0. The van der Waals surface area contributed by atoms with Gasteiger partial charge < -0.3 is 14.8 Å². The molecule has 1 N–H and O–H groups in total. The maximum atomic E-state index is 12.5. The Bertz CT molecular complexity index is 998. The van der Waals surface area contributed by atoms with Gasteiger partial charge in [0.1, 0.15) is 5.75 Å². The molecule has 1 atom stereocenters. The Hall–Kier alpha value is -2.89. The summed E-state index contributed by atoms with van der Waals surface area (Å²) in [6, 6.07) is 22.4. The Morgan fingerprint density at radius 2 is 1.77 bits per heavy atom. The van der Waals surface area contributed by atoms with Gasteiger partial charge in [-0.05, 0) is 41.0 Å². The van der Waals surface area contributed by atoms with Crippen LogP contribution in [0.3, 0.4) is 0 Å². The second kappa shape index (κ2) is 9.74. The summed E-state index contributed by atoms with van der Waals surface area (Å²) in [5.74, 6) is 0.575. The molecule has 156 valence electrons. The lowest BCUT2D eigenvalue weighted by Crippen LogP contribution is -2.36. The number of hydrogen-bond donors (Lipinski definition) is 1. The maximum Gasteiger partial charge on any atom is 0.261 e. The molecule has 1 fully saturated rings. The van der Waals surface area contributed by atoms with Gasteiger partial charge in [-0.1, -0.05) is 54.6 Å². The largest absolute Gasteiger partial charge is 0.481 e. The Kier molecular flexibility index (Phi) is 6.62. The van der Waals surface area contributed by atoms with Crippen molar-refractivity contribution >= 4 is 16.7 Å². The molecule has 1 saturated heterocycles. The lowest BCUT2D eigenvalue weighted by molar-refractivity contribution is -0.127. The minimum Gasteiger partial charge on any atom is -0.481 e. The second-order valence-electron chi connectivity index (χ2n) is 7.70. The van der Waals surface area contributed by atoms with E-state index >= 15 is 0 Å². The van der Waals surface area contributed by atoms with E-state index in [4.69, 9.17) is 9.47 Å². The van der Waals surface area contributed by atoms with Crippen molar-refractivity contribution in [3.05, 3.63) is 77.9 Å². The van der Waals surface area contributed by atoms with E-state index in [9.17, 15) is 4.79 Å². The molecule has 1 heterocycles. The molecule has 1 aliphatic heterocycles. The zero-order valence-corrected chi connectivity index (χ0v) is 17.3. The Balaban J connectivity index is 1.30. The fourth-order valence-corrected chi connectivity index (χ4v) is 3.69. The van der Waals surface area contributed by atoms with Gasteiger partial charge in [-0.25, -0.2) is 0 Å². The lowest BCUT2D eigenvalue weighted by Gasteiger charge is -2.26. The van der Waals surface area contributed by atoms with E-state index in [2.05, 4.69) is 28.4 Å². The molecule has 0 aliphatic carbocycles. The molecule has 0 saturated carbocycles. The van der Waals surface area contributed by atoms with Crippen molar-refractivity contribution in [2.75, 3.05) is 26.3 Å². The van der Waals surface area contributed by atoms with Gasteiger partial charge in [0.15, 0.2) is 6.10 Å². The van der Waals surface area contributed by atoms with Gasteiger partial charge >= 0.3 is 0 Å². The maximum absolute atomic E-state index is 12.5. The van der Waals surface area contributed by atoms with E-state index in [1.54, 1.807) is 6.92 Å². The number of ether oxygens (including phenoxy) is 2. The number of nitrogens with zero attached hydrogens (tertiary/aromatic N) is 1. The molecule has 0 radical (unpaired) electrons. The van der Waals surface area contributed by atoms with Crippen molar-refractivity contribution in [1.82, 2.24) is 10.2 Å². The van der Waals surface area contributed by atoms with Gasteiger partial charge in [-0.2, -0.15) is 0 Å². The smallest absolute Gasteiger partial charge is 0.261 e. The first-order valence-corrected chi connectivity index (χ1v) is 10.5. The predicted molar refractivity (Wildman–Crippen MR) is 118 cm³/mol. The van der Waals surface area contributed by atoms with Crippen molar-refractivity contribution in [2.24, 2.45) is 0 Å². The van der Waals surface area contributed by atoms with Crippen LogP contribution in [0.5, 0.6) is 5.75 Å². The fourth-order valence-electron chi connectivity index (χ4n) is 3.69. The van der Waals surface area contributed by atoms with Crippen molar-refractivity contribution in [1.29, 1.82) is 0 Å². The number of morpholine rings is 1. The fraction of sp³-hybridized carbons (Fsp3) is 0.320. The molecule has 0 aromatic heterocycles. The number of carbonyl (C=O) groups is 1. The van der Waals surface area contributed by atoms with Crippen LogP contribution in [0.4, 0.5) is 0 Å². The van der Waals surface area contributed by atoms with Crippen LogP contribution in [0.2, 0.25) is 0 Å². The van der Waals surface area contributed by atoms with Crippen molar-refractivity contribution in [3.63, 3.8) is 0 Å². The van der Waals surface area contributed by atoms with E-state index in [0.29, 0.717) is 12.3 Å². The number of nitrogens with one attached hydrogen (secondary N) is 1. The summed E-state index contributed by atoms with van der Waals surface area (Å²) in [6.45, 7) is 6.69. The summed E-state index contributed by atoms with van der Waals surface area (Å²) in [5.41, 5.74) is 2.34. The molecule has 0 spiro atoms. The Morgan fingerprint density at radius 3 is 2.60 bits per heavy atom. The minimum atomic E-state index is -0.567. The predicted octanol–water partition coefficient (Wildman–Crippen LogP) is 3.76. The summed E-state index contributed by atoms with van der Waals surface area (Å²) in [7, 11) is 0. The standard InChI is InChI=1S/C25H28N2O3/c1-19(30-24-10-9-22-7-2-3-8-23(22)16-24)25(28)26-17-20-5-4-6-21(15-20)18-27-11-13-29-14-12-27/h2-10,15-16,19H,11-14,17-18H2,1H3,(H,26,28). The highest BCUT2D eigenvalue weighted by Gasteiger charge is 2.15. The zero-order valence-electron chi connectivity index (χ0n) is 17.3. The first kappa shape index (κ1) is 20.4. The molecule has 1 unspecified atom stereocenters. The van der Waals surface area contributed by atoms with Crippen LogP contribution in [0, 0.1) is 0 Å². The molecule has 0 bridgehead atoms. The van der Waals surface area contributed by atoms with Crippen LogP contribution in [0.1, 0.15) is 18.1 Å². The number of hydrogen-bond acceptors (Lipinski definition) is 4. The van der Waals surface area contributed by atoms with Crippen LogP contribution in [-0.2, 0) is 22.6 Å². The number of carbonyl (C=O) groups excluding carboxylic acids is 1. The summed E-state index contributed by atoms with van der Waals surface area (Å²) in [6.07, 6.45) is -0.567. The van der Waals surface area contributed by atoms with E-state index in [1.807, 2.05) is 48.5 Å². The molecule has 3 aromatic rings. The third kappa shape index (κ3) is 5.38. The van der Waals surface area contributed by atoms with Gasteiger partial charge in [0.25, 0.3) is 5.91 Å². The minimum absolute atomic E-state index is 0.123. The average Bonchev–Trinajstić information content (AvgIpc) is 2.78. The number of benzene rings is 3. The van der Waals surface area contributed by atoms with Crippen LogP contribution in [-0.4, -0.2) is 43.2 Å². The SMILES string of the molecule is CC(Oc1ccc2ccccc2c1)C(=O)NCc1cccc(CN2CCOCC2)c1. The monoisotopic (exact) mass is 404 g/mol. The molecule has 5 heteroatoms. The van der Waals surface area contributed by atoms with E-state index in [1.165, 1.54) is 5.56 Å². The van der Waals surface area contributed by atoms with Crippen LogP contribution in [0.15, 0.2) is 66.7 Å². The molecule has 3 aromatic carbocycles. The van der Waals surface area contributed by atoms with Gasteiger partial charge in [0, 0.05) is 26.2 Å². The number of fused-ring (bicyclic) bond motifs is 1. The van der Waals surface area contributed by atoms with E-state index < -0.39 is 6.10 Å². The van der Waals surface area contributed by atoms with Crippen molar-refractivity contribution in [3.8, 4) is 5.75 Å². The number of amides is 1. The summed E-state index contributed by atoms with van der Waals surface area (Å²) < 4.78 is 11.3. The Labute approximate surface area is 177 Å². The second-order valence-corrected chi connectivity index (χ2v) is 7.70. The van der Waals surface area contributed by atoms with Gasteiger partial charge in [-0.15, -0.1) is 0 Å². The molecular formula is C25H28N2O3. The van der Waals surface area contributed by atoms with Crippen molar-refractivity contribution < 1.29 is 14.3 Å². The van der Waals surface area contributed by atoms with Crippen LogP contribution in [0.25, 0.3) is 10.8 Å². The van der Waals surface area contributed by atoms with Gasteiger partial charge in [-0.3, -0.25) is 9.69 Å². The first-order valence-electron chi connectivity index (χ1n) is 10.5. The molecule has 4 rings (SSSR count). The molecule has 1 aliphatic rings. The highest BCUT2D eigenvalue weighted by Crippen LogP contribution is 2.21. The third-order valence-electron chi connectivity index (χ3n) is 5.37. The highest BCUT2D eigenvalue weighted by atomic mass is 16.5. The molecule has 1 amide bonds. The highest BCUT2D eigenvalue weighted by molar-refractivity contribution is 5.84. The lowest BCUT2D eigenvalue weighted by atomic mass is 10.1. The quantitative estimate of drug-likeness (QED) is 0.652. The number of rotatable bonds is 7.